The molecule has 0 amide bonds. The van der Waals surface area contributed by atoms with Crippen LogP contribution in [0.3, 0.4) is 0 Å². The van der Waals surface area contributed by atoms with E-state index in [2.05, 4.69) is 45.4 Å². The molecule has 0 saturated heterocycles. The van der Waals surface area contributed by atoms with Gasteiger partial charge in [-0.05, 0) is 66.5 Å². The number of carbonyl (C=O) groups excluding carboxylic acids is 1. The van der Waals surface area contributed by atoms with Gasteiger partial charge in [0.05, 0.1) is 24.2 Å². The molecule has 0 saturated carbocycles. The van der Waals surface area contributed by atoms with Gasteiger partial charge in [-0.3, -0.25) is 4.79 Å². The third kappa shape index (κ3) is 7.68. The molecule has 1 aromatic rings. The van der Waals surface area contributed by atoms with Crippen molar-refractivity contribution in [3.05, 3.63) is 21.9 Å². The van der Waals surface area contributed by atoms with Crippen LogP contribution in [-0.2, 0) is 26.0 Å². The van der Waals surface area contributed by atoms with Gasteiger partial charge < -0.3 is 14.3 Å². The predicted octanol–water partition coefficient (Wildman–Crippen LogP) is 4.57. The van der Waals surface area contributed by atoms with Gasteiger partial charge in [-0.25, -0.2) is 0 Å². The molecule has 0 aliphatic rings. The molecule has 1 heterocycles. The van der Waals surface area contributed by atoms with Crippen molar-refractivity contribution in [3.8, 4) is 0 Å². The second kappa shape index (κ2) is 9.68. The molecule has 4 nitrogen and oxygen atoms in total. The number of rotatable bonds is 10. The number of hydrogen-bond acceptors (Lipinski definition) is 5. The molecule has 1 unspecified atom stereocenters. The van der Waals surface area contributed by atoms with Crippen LogP contribution in [0.2, 0.25) is 5.04 Å². The fourth-order valence-corrected chi connectivity index (χ4v) is 4.91. The smallest absolute Gasteiger partial charge is 0.308 e. The molecule has 156 valence electrons. The largest absolute Gasteiger partial charge is 0.466 e. The first kappa shape index (κ1) is 24.3. The third-order valence-corrected chi connectivity index (χ3v) is 7.44. The van der Waals surface area contributed by atoms with Gasteiger partial charge in [-0.15, -0.1) is 0 Å². The van der Waals surface area contributed by atoms with Crippen molar-refractivity contribution < 1.29 is 19.1 Å². The highest BCUT2D eigenvalue weighted by molar-refractivity contribution is 7.08. The van der Waals surface area contributed by atoms with E-state index >= 15 is 0 Å². The molecule has 6 heteroatoms. The summed E-state index contributed by atoms with van der Waals surface area (Å²) in [7, 11) is -0.674. The van der Waals surface area contributed by atoms with Crippen LogP contribution in [0.1, 0.15) is 79.4 Å². The van der Waals surface area contributed by atoms with Crippen molar-refractivity contribution in [2.24, 2.45) is 5.92 Å². The van der Waals surface area contributed by atoms with Gasteiger partial charge >= 0.3 is 5.97 Å². The summed E-state index contributed by atoms with van der Waals surface area (Å²) in [5.41, 5.74) is 1.02. The van der Waals surface area contributed by atoms with Crippen LogP contribution >= 0.6 is 11.3 Å². The summed E-state index contributed by atoms with van der Waals surface area (Å²) in [5.74, 6) is -0.361. The minimum absolute atomic E-state index is 0.0263. The maximum absolute atomic E-state index is 11.9. The Labute approximate surface area is 171 Å². The molecule has 0 radical (unpaired) electrons. The Kier molecular flexibility index (Phi) is 8.73. The summed E-state index contributed by atoms with van der Waals surface area (Å²) in [5, 5.41) is 15.6. The highest BCUT2D eigenvalue weighted by atomic mass is 32.1. The van der Waals surface area contributed by atoms with E-state index in [1.165, 1.54) is 11.1 Å². The van der Waals surface area contributed by atoms with Gasteiger partial charge in [0.1, 0.15) is 0 Å². The number of hydrogen-bond donors (Lipinski definition) is 1. The number of ether oxygens (including phenoxy) is 1. The Morgan fingerprint density at radius 3 is 2.37 bits per heavy atom. The highest BCUT2D eigenvalue weighted by Gasteiger charge is 2.35. The summed E-state index contributed by atoms with van der Waals surface area (Å²) in [6, 6.07) is 0. The highest BCUT2D eigenvalue weighted by Crippen LogP contribution is 2.35. The number of esters is 1. The standard InChI is InChI=1S/C21H38O4SSi/c1-9-24-18(22)12-21(23,15(2)3)11-10-16-13-26-14-17(16)20(7,8)25-27-19(4,5)6/h13-15,23H,9-12,27H2,1-8H3. The summed E-state index contributed by atoms with van der Waals surface area (Å²) in [6.07, 6.45) is 1.28. The maximum Gasteiger partial charge on any atom is 0.308 e. The Hall–Kier alpha value is -0.693. The lowest BCUT2D eigenvalue weighted by molar-refractivity contribution is -0.151. The zero-order valence-corrected chi connectivity index (χ0v) is 20.6. The minimum Gasteiger partial charge on any atom is -0.466 e. The lowest BCUT2D eigenvalue weighted by Crippen LogP contribution is -2.38. The predicted molar refractivity (Wildman–Crippen MR) is 116 cm³/mol. The van der Waals surface area contributed by atoms with Crippen LogP contribution in [0.15, 0.2) is 10.8 Å². The molecule has 0 aliphatic heterocycles. The van der Waals surface area contributed by atoms with Crippen molar-refractivity contribution in [2.75, 3.05) is 6.61 Å². The zero-order chi connectivity index (χ0) is 20.9. The summed E-state index contributed by atoms with van der Waals surface area (Å²) < 4.78 is 11.4. The molecular weight excluding hydrogens is 376 g/mol. The normalized spacial score (nSPS) is 15.5. The molecule has 0 aromatic carbocycles. The van der Waals surface area contributed by atoms with E-state index in [4.69, 9.17) is 9.16 Å². The van der Waals surface area contributed by atoms with Crippen LogP contribution < -0.4 is 0 Å². The monoisotopic (exact) mass is 414 g/mol. The topological polar surface area (TPSA) is 55.8 Å². The van der Waals surface area contributed by atoms with Crippen molar-refractivity contribution in [2.45, 2.75) is 90.9 Å². The van der Waals surface area contributed by atoms with Gasteiger partial charge in [0, 0.05) is 0 Å². The molecule has 0 aliphatic carbocycles. The second-order valence-corrected chi connectivity index (χ2v) is 12.9. The molecule has 0 bridgehead atoms. The Bertz CT molecular complexity index is 604. The molecule has 0 fully saturated rings. The molecule has 1 aromatic heterocycles. The van der Waals surface area contributed by atoms with Gasteiger partial charge in [0.2, 0.25) is 0 Å². The van der Waals surface area contributed by atoms with Crippen LogP contribution in [0.4, 0.5) is 0 Å². The molecular formula is C21H38O4SSi. The van der Waals surface area contributed by atoms with Gasteiger partial charge in [0.15, 0.2) is 9.76 Å². The number of carbonyl (C=O) groups is 1. The molecule has 1 atom stereocenters. The molecule has 1 N–H and O–H groups in total. The average molecular weight is 415 g/mol. The van der Waals surface area contributed by atoms with Gasteiger partial charge in [0.25, 0.3) is 0 Å². The van der Waals surface area contributed by atoms with Crippen molar-refractivity contribution in [1.29, 1.82) is 0 Å². The maximum atomic E-state index is 11.9. The lowest BCUT2D eigenvalue weighted by Gasteiger charge is -2.33. The van der Waals surface area contributed by atoms with E-state index in [1.54, 1.807) is 18.3 Å². The van der Waals surface area contributed by atoms with E-state index in [-0.39, 0.29) is 28.9 Å². The molecule has 27 heavy (non-hydrogen) atoms. The Morgan fingerprint density at radius 1 is 1.22 bits per heavy atom. The van der Waals surface area contributed by atoms with Gasteiger partial charge in [-0.2, -0.15) is 11.3 Å². The summed E-state index contributed by atoms with van der Waals surface area (Å²) in [4.78, 5) is 11.9. The van der Waals surface area contributed by atoms with Crippen molar-refractivity contribution >= 4 is 27.1 Å². The Morgan fingerprint density at radius 2 is 1.85 bits per heavy atom. The van der Waals surface area contributed by atoms with Gasteiger partial charge in [-0.1, -0.05) is 34.6 Å². The van der Waals surface area contributed by atoms with E-state index in [9.17, 15) is 9.90 Å². The average Bonchev–Trinajstić information content (AvgIpc) is 3.00. The number of aliphatic hydroxyl groups is 1. The summed E-state index contributed by atoms with van der Waals surface area (Å²) >= 11 is 1.67. The van der Waals surface area contributed by atoms with E-state index in [0.717, 1.165) is 6.42 Å². The number of aryl methyl sites for hydroxylation is 1. The first-order chi connectivity index (χ1) is 12.3. The first-order valence-electron chi connectivity index (χ1n) is 9.88. The van der Waals surface area contributed by atoms with Crippen LogP contribution in [0.25, 0.3) is 0 Å². The lowest BCUT2D eigenvalue weighted by atomic mass is 9.81. The van der Waals surface area contributed by atoms with Crippen molar-refractivity contribution in [1.82, 2.24) is 0 Å². The first-order valence-corrected chi connectivity index (χ1v) is 12.1. The molecule has 1 rings (SSSR count). The fraction of sp³-hybridized carbons (Fsp3) is 0.762. The van der Waals surface area contributed by atoms with E-state index < -0.39 is 15.4 Å². The van der Waals surface area contributed by atoms with Crippen molar-refractivity contribution in [3.63, 3.8) is 0 Å². The van der Waals surface area contributed by atoms with E-state index in [1.807, 2.05) is 13.8 Å². The van der Waals surface area contributed by atoms with Crippen LogP contribution in [-0.4, -0.2) is 33.0 Å². The van der Waals surface area contributed by atoms with Crippen LogP contribution in [0, 0.1) is 5.92 Å². The fourth-order valence-electron chi connectivity index (χ4n) is 2.91. The van der Waals surface area contributed by atoms with Crippen LogP contribution in [0.5, 0.6) is 0 Å². The molecule has 0 spiro atoms. The summed E-state index contributed by atoms with van der Waals surface area (Å²) in [6.45, 7) is 17.0. The third-order valence-electron chi connectivity index (χ3n) is 4.91. The quantitative estimate of drug-likeness (QED) is 0.450. The zero-order valence-electron chi connectivity index (χ0n) is 18.3. The van der Waals surface area contributed by atoms with E-state index in [0.29, 0.717) is 13.0 Å². The minimum atomic E-state index is -1.06. The second-order valence-electron chi connectivity index (χ2n) is 9.41. The Balaban J connectivity index is 2.88. The SMILES string of the molecule is CCOC(=O)CC(O)(CCc1cscc1C(C)(C)O[SiH2]C(C)(C)C)C(C)C. The number of thiophene rings is 1.